The molecular weight excluding hydrogens is 621 g/mol. The standard InChI is InChI=1S/C34H40N6O4S2/c1-4-7-8-9-10-11-12-22-44-33(42)25-13-15-26(16-14-25)36-38-30-24-29-32(46-30)35-34(45-29)39-37-27-17-19-28(20-18-27)40(6-3)21-23-43-31(41)5-2/h5,13-20,24H,2,4,6-12,21-23H2,1,3H3. The van der Waals surface area contributed by atoms with E-state index in [1.807, 2.05) is 37.3 Å². The minimum atomic E-state index is -0.426. The van der Waals surface area contributed by atoms with Crippen molar-refractivity contribution in [1.29, 1.82) is 0 Å². The van der Waals surface area contributed by atoms with Crippen molar-refractivity contribution in [1.82, 2.24) is 4.98 Å². The maximum Gasteiger partial charge on any atom is 0.338 e. The molecule has 2 aromatic carbocycles. The van der Waals surface area contributed by atoms with Gasteiger partial charge in [0.05, 0.1) is 34.8 Å². The van der Waals surface area contributed by atoms with Crippen molar-refractivity contribution in [3.63, 3.8) is 0 Å². The molecule has 2 aromatic heterocycles. The third kappa shape index (κ3) is 11.0. The van der Waals surface area contributed by atoms with Crippen LogP contribution < -0.4 is 4.90 Å². The summed E-state index contributed by atoms with van der Waals surface area (Å²) in [5, 5.41) is 18.6. The highest BCUT2D eigenvalue weighted by Gasteiger charge is 2.10. The number of hydrogen-bond donors (Lipinski definition) is 0. The van der Waals surface area contributed by atoms with E-state index in [0.29, 0.717) is 35.2 Å². The summed E-state index contributed by atoms with van der Waals surface area (Å²) in [6, 6.07) is 16.6. The summed E-state index contributed by atoms with van der Waals surface area (Å²) in [7, 11) is 0. The molecule has 0 spiro atoms. The van der Waals surface area contributed by atoms with Gasteiger partial charge in [-0.25, -0.2) is 14.6 Å². The number of fused-ring (bicyclic) bond motifs is 1. The van der Waals surface area contributed by atoms with Crippen molar-refractivity contribution in [3.8, 4) is 0 Å². The molecule has 12 heteroatoms. The van der Waals surface area contributed by atoms with Crippen LogP contribution in [0.4, 0.5) is 27.2 Å². The van der Waals surface area contributed by atoms with Gasteiger partial charge in [0.15, 0.2) is 0 Å². The minimum Gasteiger partial charge on any atom is -0.462 e. The lowest BCUT2D eigenvalue weighted by atomic mass is 10.1. The summed E-state index contributed by atoms with van der Waals surface area (Å²) in [6.07, 6.45) is 9.41. The zero-order valence-electron chi connectivity index (χ0n) is 26.4. The lowest BCUT2D eigenvalue weighted by Gasteiger charge is -2.22. The second-order valence-corrected chi connectivity index (χ2v) is 12.4. The van der Waals surface area contributed by atoms with Crippen LogP contribution >= 0.6 is 22.7 Å². The lowest BCUT2D eigenvalue weighted by Crippen LogP contribution is -2.27. The number of aromatic nitrogens is 1. The number of thiophene rings is 1. The van der Waals surface area contributed by atoms with Crippen LogP contribution in [0, 0.1) is 0 Å². The summed E-state index contributed by atoms with van der Waals surface area (Å²) in [5.74, 6) is -0.738. The Morgan fingerprint density at radius 1 is 0.826 bits per heavy atom. The molecule has 2 heterocycles. The fraction of sp³-hybridized carbons (Fsp3) is 0.382. The number of anilines is 1. The minimum absolute atomic E-state index is 0.287. The first kappa shape index (κ1) is 34.6. The van der Waals surface area contributed by atoms with Gasteiger partial charge in [0, 0.05) is 18.3 Å². The summed E-state index contributed by atoms with van der Waals surface area (Å²) >= 11 is 2.86. The number of azo groups is 2. The monoisotopic (exact) mass is 660 g/mol. The molecule has 242 valence electrons. The van der Waals surface area contributed by atoms with E-state index in [0.717, 1.165) is 45.7 Å². The lowest BCUT2D eigenvalue weighted by molar-refractivity contribution is -0.137. The van der Waals surface area contributed by atoms with Crippen LogP contribution in [0.25, 0.3) is 9.53 Å². The highest BCUT2D eigenvalue weighted by Crippen LogP contribution is 2.39. The first-order chi connectivity index (χ1) is 22.5. The number of rotatable bonds is 19. The molecule has 0 aliphatic carbocycles. The molecule has 0 radical (unpaired) electrons. The Morgan fingerprint density at radius 2 is 1.50 bits per heavy atom. The molecule has 0 atom stereocenters. The van der Waals surface area contributed by atoms with Gasteiger partial charge in [-0.15, -0.1) is 20.5 Å². The molecule has 0 amide bonds. The molecule has 0 saturated heterocycles. The number of carbonyl (C=O) groups excluding carboxylic acids is 2. The van der Waals surface area contributed by atoms with E-state index < -0.39 is 5.97 Å². The van der Waals surface area contributed by atoms with Gasteiger partial charge in [-0.3, -0.25) is 0 Å². The fourth-order valence-corrected chi connectivity index (χ4v) is 6.35. The first-order valence-corrected chi connectivity index (χ1v) is 17.3. The van der Waals surface area contributed by atoms with Gasteiger partial charge in [-0.05, 0) is 67.9 Å². The Labute approximate surface area is 277 Å². The first-order valence-electron chi connectivity index (χ1n) is 15.6. The van der Waals surface area contributed by atoms with Gasteiger partial charge in [-0.1, -0.05) is 74.7 Å². The summed E-state index contributed by atoms with van der Waals surface area (Å²) in [5.41, 5.74) is 2.86. The third-order valence-corrected chi connectivity index (χ3v) is 8.96. The number of esters is 2. The Morgan fingerprint density at radius 3 is 2.17 bits per heavy atom. The number of thiazole rings is 1. The van der Waals surface area contributed by atoms with Crippen molar-refractivity contribution in [2.45, 2.75) is 58.8 Å². The average molecular weight is 661 g/mol. The highest BCUT2D eigenvalue weighted by atomic mass is 32.1. The fourth-order valence-electron chi connectivity index (χ4n) is 4.50. The van der Waals surface area contributed by atoms with Crippen LogP contribution in [-0.4, -0.2) is 43.2 Å². The number of benzene rings is 2. The van der Waals surface area contributed by atoms with Gasteiger partial charge >= 0.3 is 11.9 Å². The van der Waals surface area contributed by atoms with E-state index >= 15 is 0 Å². The van der Waals surface area contributed by atoms with Gasteiger partial charge < -0.3 is 14.4 Å². The molecule has 4 rings (SSSR count). The number of unbranched alkanes of at least 4 members (excludes halogenated alkanes) is 6. The summed E-state index contributed by atoms with van der Waals surface area (Å²) in [6.45, 7) is 9.75. The van der Waals surface area contributed by atoms with E-state index in [1.165, 1.54) is 54.8 Å². The van der Waals surface area contributed by atoms with Crippen LogP contribution in [0.1, 0.15) is 69.2 Å². The normalized spacial score (nSPS) is 11.4. The molecular formula is C34H40N6O4S2. The molecule has 0 fully saturated rings. The maximum atomic E-state index is 12.3. The van der Waals surface area contributed by atoms with Gasteiger partial charge in [-0.2, -0.15) is 0 Å². The van der Waals surface area contributed by atoms with E-state index in [-0.39, 0.29) is 12.6 Å². The predicted molar refractivity (Wildman–Crippen MR) is 186 cm³/mol. The maximum absolute atomic E-state index is 12.3. The molecule has 0 unspecified atom stereocenters. The molecule has 0 aliphatic heterocycles. The molecule has 4 aromatic rings. The third-order valence-electron chi connectivity index (χ3n) is 7.03. The average Bonchev–Trinajstić information content (AvgIpc) is 3.65. The Balaban J connectivity index is 1.24. The van der Waals surface area contributed by atoms with Crippen molar-refractivity contribution >= 4 is 71.3 Å². The topological polar surface area (TPSA) is 118 Å². The second kappa shape index (κ2) is 18.6. The Kier molecular flexibility index (Phi) is 14.0. The molecule has 0 aliphatic rings. The number of carbonyl (C=O) groups is 2. The number of likely N-dealkylation sites (N-methyl/N-ethyl adjacent to an activating group) is 1. The Bertz CT molecular complexity index is 1580. The van der Waals surface area contributed by atoms with E-state index in [2.05, 4.69) is 43.8 Å². The van der Waals surface area contributed by atoms with E-state index in [9.17, 15) is 9.59 Å². The van der Waals surface area contributed by atoms with Crippen molar-refractivity contribution in [3.05, 3.63) is 72.8 Å². The molecule has 0 saturated carbocycles. The largest absolute Gasteiger partial charge is 0.462 e. The SMILES string of the molecule is C=CC(=O)OCCN(CC)c1ccc(N=Nc2nc3sc(N=Nc4ccc(C(=O)OCCCCCCCCC)cc4)cc3s2)cc1. The van der Waals surface area contributed by atoms with Gasteiger partial charge in [0.1, 0.15) is 16.4 Å². The zero-order chi connectivity index (χ0) is 32.6. The van der Waals surface area contributed by atoms with Crippen LogP contribution in [-0.2, 0) is 14.3 Å². The van der Waals surface area contributed by atoms with Crippen LogP contribution in [0.15, 0.2) is 87.7 Å². The second-order valence-electron chi connectivity index (χ2n) is 10.4. The zero-order valence-corrected chi connectivity index (χ0v) is 28.0. The molecule has 0 bridgehead atoms. The predicted octanol–water partition coefficient (Wildman–Crippen LogP) is 10.7. The van der Waals surface area contributed by atoms with Crippen LogP contribution in [0.3, 0.4) is 0 Å². The smallest absolute Gasteiger partial charge is 0.338 e. The molecule has 10 nitrogen and oxygen atoms in total. The summed E-state index contributed by atoms with van der Waals surface area (Å²) in [4.78, 5) is 31.1. The van der Waals surface area contributed by atoms with E-state index in [4.69, 9.17) is 9.47 Å². The van der Waals surface area contributed by atoms with Gasteiger partial charge in [0.2, 0.25) is 5.13 Å². The number of hydrogen-bond acceptors (Lipinski definition) is 12. The Hall–Kier alpha value is -4.29. The number of ether oxygens (including phenoxy) is 2. The van der Waals surface area contributed by atoms with Crippen LogP contribution in [0.5, 0.6) is 0 Å². The molecule has 0 N–H and O–H groups in total. The number of nitrogens with zero attached hydrogens (tertiary/aromatic N) is 6. The van der Waals surface area contributed by atoms with Gasteiger partial charge in [0.25, 0.3) is 0 Å². The highest BCUT2D eigenvalue weighted by molar-refractivity contribution is 7.30. The summed E-state index contributed by atoms with van der Waals surface area (Å²) < 4.78 is 11.5. The quantitative estimate of drug-likeness (QED) is 0.0427. The van der Waals surface area contributed by atoms with Crippen molar-refractivity contribution in [2.24, 2.45) is 20.5 Å². The van der Waals surface area contributed by atoms with Crippen molar-refractivity contribution < 1.29 is 19.1 Å². The molecule has 46 heavy (non-hydrogen) atoms. The van der Waals surface area contributed by atoms with E-state index in [1.54, 1.807) is 24.3 Å². The van der Waals surface area contributed by atoms with Crippen LogP contribution in [0.2, 0.25) is 0 Å². The van der Waals surface area contributed by atoms with Crippen molar-refractivity contribution in [2.75, 3.05) is 31.2 Å².